The van der Waals surface area contributed by atoms with Gasteiger partial charge in [-0.05, 0) is 42.2 Å². The lowest BCUT2D eigenvalue weighted by molar-refractivity contribution is -0.136. The zero-order valence-corrected chi connectivity index (χ0v) is 17.9. The first kappa shape index (κ1) is 21.7. The molecule has 3 aliphatic heterocycles. The summed E-state index contributed by atoms with van der Waals surface area (Å²) in [6.07, 6.45) is 0.585. The average molecular weight is 464 g/mol. The molecule has 1 atom stereocenters. The van der Waals surface area contributed by atoms with Crippen LogP contribution in [0.15, 0.2) is 24.3 Å². The lowest BCUT2D eigenvalue weighted by Crippen LogP contribution is -2.52. The summed E-state index contributed by atoms with van der Waals surface area (Å²) < 4.78 is 30.4. The Morgan fingerprint density at radius 1 is 1.09 bits per heavy atom. The van der Waals surface area contributed by atoms with Gasteiger partial charge < -0.3 is 9.80 Å². The van der Waals surface area contributed by atoms with E-state index in [4.69, 9.17) is 5.26 Å². The van der Waals surface area contributed by atoms with Crippen LogP contribution in [-0.2, 0) is 29.1 Å². The van der Waals surface area contributed by atoms with E-state index < -0.39 is 46.9 Å². The van der Waals surface area contributed by atoms with Crippen LogP contribution in [0, 0.1) is 23.0 Å². The molecule has 1 fully saturated rings. The molecule has 0 saturated carbocycles. The summed E-state index contributed by atoms with van der Waals surface area (Å²) in [6.45, 7) is 0.0389. The highest BCUT2D eigenvalue weighted by atomic mass is 19.1. The second-order valence-corrected chi connectivity index (χ2v) is 8.55. The number of imide groups is 1. The summed E-state index contributed by atoms with van der Waals surface area (Å²) in [4.78, 5) is 52.0. The van der Waals surface area contributed by atoms with Crippen LogP contribution in [0.1, 0.15) is 55.8 Å². The van der Waals surface area contributed by atoms with Gasteiger partial charge in [-0.2, -0.15) is 5.26 Å². The van der Waals surface area contributed by atoms with Gasteiger partial charge in [0.2, 0.25) is 11.8 Å². The van der Waals surface area contributed by atoms with E-state index >= 15 is 4.39 Å². The fourth-order valence-corrected chi connectivity index (χ4v) is 4.79. The Hall–Kier alpha value is -4.13. The maximum Gasteiger partial charge on any atom is 0.260 e. The van der Waals surface area contributed by atoms with Crippen molar-refractivity contribution in [2.24, 2.45) is 0 Å². The molecule has 0 spiro atoms. The number of piperidine rings is 1. The molecule has 1 saturated heterocycles. The molecule has 2 aromatic rings. The lowest BCUT2D eigenvalue weighted by atomic mass is 9.96. The van der Waals surface area contributed by atoms with E-state index in [1.54, 1.807) is 18.2 Å². The number of fused-ring (bicyclic) bond motifs is 2. The summed E-state index contributed by atoms with van der Waals surface area (Å²) in [5.41, 5.74) is 0.984. The van der Waals surface area contributed by atoms with Crippen LogP contribution >= 0.6 is 0 Å². The predicted molar refractivity (Wildman–Crippen MR) is 112 cm³/mol. The van der Waals surface area contributed by atoms with Gasteiger partial charge in [0, 0.05) is 25.1 Å². The van der Waals surface area contributed by atoms with Crippen molar-refractivity contribution in [1.82, 2.24) is 15.1 Å². The fraction of sp³-hybridized carbons (Fsp3) is 0.292. The van der Waals surface area contributed by atoms with Gasteiger partial charge in [-0.1, -0.05) is 6.07 Å². The molecule has 1 unspecified atom stereocenters. The molecule has 5 rings (SSSR count). The fourth-order valence-electron chi connectivity index (χ4n) is 4.79. The van der Waals surface area contributed by atoms with Gasteiger partial charge in [0.15, 0.2) is 0 Å². The smallest absolute Gasteiger partial charge is 0.260 e. The summed E-state index contributed by atoms with van der Waals surface area (Å²) in [5.74, 6) is -4.98. The van der Waals surface area contributed by atoms with Crippen LogP contribution in [0.3, 0.4) is 0 Å². The van der Waals surface area contributed by atoms with E-state index in [-0.39, 0.29) is 43.6 Å². The number of rotatable bonds is 2. The minimum atomic E-state index is -1.16. The number of nitriles is 1. The third kappa shape index (κ3) is 3.41. The maximum absolute atomic E-state index is 15.5. The molecule has 3 heterocycles. The first-order valence-electron chi connectivity index (χ1n) is 10.7. The standard InChI is InChI=1S/C24H18F2N4O4/c25-17-8-15-16(11-30(23(15)33)18-3-4-19(31)28-22(18)32)21(26)20(17)24(34)29-6-5-13-2-1-12(9-27)7-14(13)10-29/h1-2,7-8,18H,3-6,10-11H2,(H,28,31,32). The summed E-state index contributed by atoms with van der Waals surface area (Å²) in [7, 11) is 0. The van der Waals surface area contributed by atoms with Crippen LogP contribution < -0.4 is 5.32 Å². The number of amides is 4. The molecule has 1 N–H and O–H groups in total. The summed E-state index contributed by atoms with van der Waals surface area (Å²) >= 11 is 0. The normalized spacial score (nSPS) is 19.4. The summed E-state index contributed by atoms with van der Waals surface area (Å²) in [5, 5.41) is 11.3. The minimum Gasteiger partial charge on any atom is -0.334 e. The van der Waals surface area contributed by atoms with Crippen molar-refractivity contribution < 1.29 is 28.0 Å². The largest absolute Gasteiger partial charge is 0.334 e. The van der Waals surface area contributed by atoms with Crippen molar-refractivity contribution in [3.63, 3.8) is 0 Å². The van der Waals surface area contributed by atoms with Crippen molar-refractivity contribution in [2.45, 2.75) is 38.4 Å². The highest BCUT2D eigenvalue weighted by Gasteiger charge is 2.42. The molecule has 34 heavy (non-hydrogen) atoms. The van der Waals surface area contributed by atoms with Gasteiger partial charge >= 0.3 is 0 Å². The highest BCUT2D eigenvalue weighted by molar-refractivity contribution is 6.06. The second kappa shape index (κ2) is 8.02. The number of hydrogen-bond donors (Lipinski definition) is 1. The number of carbonyl (C=O) groups is 4. The second-order valence-electron chi connectivity index (χ2n) is 8.55. The third-order valence-electron chi connectivity index (χ3n) is 6.57. The molecule has 4 amide bonds. The molecular weight excluding hydrogens is 446 g/mol. The topological polar surface area (TPSA) is 111 Å². The van der Waals surface area contributed by atoms with E-state index in [0.717, 1.165) is 22.1 Å². The van der Waals surface area contributed by atoms with Gasteiger partial charge in [0.25, 0.3) is 11.8 Å². The van der Waals surface area contributed by atoms with Crippen LogP contribution in [0.2, 0.25) is 0 Å². The third-order valence-corrected chi connectivity index (χ3v) is 6.57. The molecule has 2 aromatic carbocycles. The van der Waals surface area contributed by atoms with Crippen LogP contribution in [0.5, 0.6) is 0 Å². The monoisotopic (exact) mass is 464 g/mol. The molecule has 8 nitrogen and oxygen atoms in total. The molecule has 172 valence electrons. The molecule has 0 bridgehead atoms. The highest BCUT2D eigenvalue weighted by Crippen LogP contribution is 2.33. The summed E-state index contributed by atoms with van der Waals surface area (Å²) in [6, 6.07) is 7.03. The van der Waals surface area contributed by atoms with E-state index in [2.05, 4.69) is 5.32 Å². The number of nitrogens with zero attached hydrogens (tertiary/aromatic N) is 3. The number of hydrogen-bond acceptors (Lipinski definition) is 5. The number of halogens is 2. The zero-order valence-electron chi connectivity index (χ0n) is 17.9. The number of benzene rings is 2. The molecule has 0 aliphatic carbocycles. The predicted octanol–water partition coefficient (Wildman–Crippen LogP) is 1.80. The Morgan fingerprint density at radius 3 is 2.62 bits per heavy atom. The maximum atomic E-state index is 15.5. The average Bonchev–Trinajstić information content (AvgIpc) is 3.14. The molecule has 3 aliphatic rings. The Morgan fingerprint density at radius 2 is 1.88 bits per heavy atom. The van der Waals surface area contributed by atoms with E-state index in [0.29, 0.717) is 12.0 Å². The number of nitrogens with one attached hydrogen (secondary N) is 1. The van der Waals surface area contributed by atoms with Crippen molar-refractivity contribution in [3.8, 4) is 6.07 Å². The lowest BCUT2D eigenvalue weighted by Gasteiger charge is -2.29. The minimum absolute atomic E-state index is 0.0288. The van der Waals surface area contributed by atoms with Crippen LogP contribution in [0.25, 0.3) is 0 Å². The Labute approximate surface area is 192 Å². The Kier molecular flexibility index (Phi) is 5.12. The van der Waals surface area contributed by atoms with Crippen molar-refractivity contribution in [2.75, 3.05) is 6.54 Å². The molecular formula is C24H18F2N4O4. The Balaban J connectivity index is 1.44. The van der Waals surface area contributed by atoms with E-state index in [1.807, 2.05) is 6.07 Å². The SMILES string of the molecule is N#Cc1ccc2c(c1)CN(C(=O)c1c(F)cc3c(c1F)CN(C1CCC(=O)NC1=O)C3=O)CC2. The van der Waals surface area contributed by atoms with Gasteiger partial charge in [-0.15, -0.1) is 0 Å². The quantitative estimate of drug-likeness (QED) is 0.682. The van der Waals surface area contributed by atoms with Gasteiger partial charge in [0.1, 0.15) is 23.2 Å². The van der Waals surface area contributed by atoms with Crippen molar-refractivity contribution in [3.05, 3.63) is 69.3 Å². The van der Waals surface area contributed by atoms with E-state index in [9.17, 15) is 23.6 Å². The van der Waals surface area contributed by atoms with Crippen LogP contribution in [0.4, 0.5) is 8.78 Å². The van der Waals surface area contributed by atoms with E-state index in [1.165, 1.54) is 4.90 Å². The van der Waals surface area contributed by atoms with Gasteiger partial charge in [0.05, 0.1) is 23.7 Å². The number of carbonyl (C=O) groups excluding carboxylic acids is 4. The first-order valence-corrected chi connectivity index (χ1v) is 10.7. The van der Waals surface area contributed by atoms with Gasteiger partial charge in [-0.3, -0.25) is 24.5 Å². The first-order chi connectivity index (χ1) is 16.3. The Bertz CT molecular complexity index is 1330. The van der Waals surface area contributed by atoms with Crippen molar-refractivity contribution >= 4 is 23.6 Å². The zero-order chi connectivity index (χ0) is 24.1. The molecule has 0 aromatic heterocycles. The van der Waals surface area contributed by atoms with Crippen molar-refractivity contribution in [1.29, 1.82) is 5.26 Å². The van der Waals surface area contributed by atoms with Crippen LogP contribution in [-0.4, -0.2) is 46.0 Å². The molecule has 10 heteroatoms. The van der Waals surface area contributed by atoms with Gasteiger partial charge in [-0.25, -0.2) is 8.78 Å². The molecule has 0 radical (unpaired) electrons.